The SMILES string of the molecule is CS(=O)(=O)c1ccc(CC(=O)[O-])cc1.[Li+]. The minimum absolute atomic E-state index is 0. The van der Waals surface area contributed by atoms with Gasteiger partial charge in [0.05, 0.1) is 4.90 Å². The standard InChI is InChI=1S/C9H10O4S.Li/c1-14(12,13)8-4-2-7(3-5-8)6-9(10)11;/h2-5H,6H2,1H3,(H,10,11);/q;+1/p-1. The monoisotopic (exact) mass is 220 g/mol. The van der Waals surface area contributed by atoms with Gasteiger partial charge in [-0.05, 0) is 17.7 Å². The summed E-state index contributed by atoms with van der Waals surface area (Å²) in [6, 6.07) is 5.69. The molecular weight excluding hydrogens is 211 g/mol. The molecule has 0 amide bonds. The summed E-state index contributed by atoms with van der Waals surface area (Å²) in [7, 11) is -3.21. The minimum Gasteiger partial charge on any atom is -0.550 e. The van der Waals surface area contributed by atoms with Gasteiger partial charge in [-0.25, -0.2) is 8.42 Å². The van der Waals surface area contributed by atoms with Crippen molar-refractivity contribution in [2.45, 2.75) is 11.3 Å². The fourth-order valence-electron chi connectivity index (χ4n) is 1.02. The van der Waals surface area contributed by atoms with Crippen LogP contribution in [-0.4, -0.2) is 20.6 Å². The van der Waals surface area contributed by atoms with Gasteiger partial charge < -0.3 is 9.90 Å². The van der Waals surface area contributed by atoms with Crippen molar-refractivity contribution in [2.75, 3.05) is 6.26 Å². The quantitative estimate of drug-likeness (QED) is 0.493. The third kappa shape index (κ3) is 4.52. The Bertz CT molecular complexity index is 436. The Morgan fingerprint density at radius 1 is 1.27 bits per heavy atom. The maximum Gasteiger partial charge on any atom is 1.00 e. The number of carboxylic acids is 1. The smallest absolute Gasteiger partial charge is 0.550 e. The van der Waals surface area contributed by atoms with Crippen LogP contribution < -0.4 is 24.0 Å². The first kappa shape index (κ1) is 14.2. The minimum atomic E-state index is -3.21. The van der Waals surface area contributed by atoms with Gasteiger partial charge in [-0.3, -0.25) is 0 Å². The second kappa shape index (κ2) is 5.36. The van der Waals surface area contributed by atoms with Crippen LogP contribution in [-0.2, 0) is 21.1 Å². The van der Waals surface area contributed by atoms with Crippen molar-refractivity contribution in [2.24, 2.45) is 0 Å². The van der Waals surface area contributed by atoms with Gasteiger partial charge in [-0.1, -0.05) is 12.1 Å². The molecular formula is C9H9LiO4S. The Hall–Kier alpha value is -0.763. The van der Waals surface area contributed by atoms with Gasteiger partial charge in [0.25, 0.3) is 0 Å². The molecule has 1 aromatic carbocycles. The van der Waals surface area contributed by atoms with Gasteiger partial charge >= 0.3 is 18.9 Å². The molecule has 0 saturated heterocycles. The van der Waals surface area contributed by atoms with Crippen LogP contribution in [0.5, 0.6) is 0 Å². The van der Waals surface area contributed by atoms with E-state index < -0.39 is 15.8 Å². The zero-order chi connectivity index (χ0) is 10.8. The van der Waals surface area contributed by atoms with Crippen LogP contribution in [0, 0.1) is 0 Å². The van der Waals surface area contributed by atoms with Gasteiger partial charge in [0.1, 0.15) is 0 Å². The predicted octanol–water partition coefficient (Wildman–Crippen LogP) is -3.61. The van der Waals surface area contributed by atoms with Gasteiger partial charge in [-0.15, -0.1) is 0 Å². The molecule has 0 saturated carbocycles. The van der Waals surface area contributed by atoms with E-state index in [1.165, 1.54) is 24.3 Å². The van der Waals surface area contributed by atoms with E-state index in [0.29, 0.717) is 5.56 Å². The summed E-state index contributed by atoms with van der Waals surface area (Å²) in [5.74, 6) is -1.18. The van der Waals surface area contributed by atoms with Crippen LogP contribution in [0.2, 0.25) is 0 Å². The molecule has 0 aromatic heterocycles. The van der Waals surface area contributed by atoms with Crippen molar-refractivity contribution < 1.29 is 37.2 Å². The Labute approximate surface area is 100 Å². The summed E-state index contributed by atoms with van der Waals surface area (Å²) in [4.78, 5) is 10.4. The van der Waals surface area contributed by atoms with E-state index in [1.54, 1.807) is 0 Å². The normalized spacial score (nSPS) is 10.5. The number of hydrogen-bond donors (Lipinski definition) is 0. The summed E-state index contributed by atoms with van der Waals surface area (Å²) < 4.78 is 22.1. The maximum atomic E-state index is 11.0. The molecule has 0 radical (unpaired) electrons. The van der Waals surface area contributed by atoms with E-state index in [9.17, 15) is 18.3 Å². The van der Waals surface area contributed by atoms with E-state index in [2.05, 4.69) is 0 Å². The molecule has 0 aliphatic carbocycles. The summed E-state index contributed by atoms with van der Waals surface area (Å²) in [5, 5.41) is 10.2. The van der Waals surface area contributed by atoms with Crippen molar-refractivity contribution in [3.05, 3.63) is 29.8 Å². The average molecular weight is 220 g/mol. The predicted molar refractivity (Wildman–Crippen MR) is 48.3 cm³/mol. The van der Waals surface area contributed by atoms with E-state index in [4.69, 9.17) is 0 Å². The molecule has 76 valence electrons. The van der Waals surface area contributed by atoms with Crippen LogP contribution in [0.3, 0.4) is 0 Å². The molecule has 0 heterocycles. The van der Waals surface area contributed by atoms with Crippen molar-refractivity contribution in [1.82, 2.24) is 0 Å². The summed E-state index contributed by atoms with van der Waals surface area (Å²) >= 11 is 0. The zero-order valence-electron chi connectivity index (χ0n) is 8.56. The fraction of sp³-hybridized carbons (Fsp3) is 0.222. The summed E-state index contributed by atoms with van der Waals surface area (Å²) in [6.45, 7) is 0. The van der Waals surface area contributed by atoms with Crippen LogP contribution in [0.4, 0.5) is 0 Å². The Balaban J connectivity index is 0.00000196. The first-order valence-corrected chi connectivity index (χ1v) is 5.77. The second-order valence-corrected chi connectivity index (χ2v) is 4.98. The number of sulfone groups is 1. The zero-order valence-corrected chi connectivity index (χ0v) is 9.37. The molecule has 0 spiro atoms. The molecule has 4 nitrogen and oxygen atoms in total. The van der Waals surface area contributed by atoms with Gasteiger partial charge in [-0.2, -0.15) is 0 Å². The molecule has 0 bridgehead atoms. The third-order valence-electron chi connectivity index (χ3n) is 1.70. The van der Waals surface area contributed by atoms with Gasteiger partial charge in [0.2, 0.25) is 0 Å². The molecule has 0 aliphatic rings. The number of carbonyl (C=O) groups is 1. The van der Waals surface area contributed by atoms with E-state index in [1.807, 2.05) is 0 Å². The number of benzene rings is 1. The first-order chi connectivity index (χ1) is 6.39. The number of carboxylic acid groups (broad SMARTS) is 1. The summed E-state index contributed by atoms with van der Waals surface area (Å²) in [6.07, 6.45) is 0.894. The number of carbonyl (C=O) groups excluding carboxylic acids is 1. The van der Waals surface area contributed by atoms with Crippen LogP contribution in [0.1, 0.15) is 5.56 Å². The molecule has 0 atom stereocenters. The van der Waals surface area contributed by atoms with Gasteiger partial charge in [0.15, 0.2) is 9.84 Å². The molecule has 1 aromatic rings. The first-order valence-electron chi connectivity index (χ1n) is 3.88. The van der Waals surface area contributed by atoms with Crippen LogP contribution in [0.15, 0.2) is 29.2 Å². The molecule has 6 heteroatoms. The molecule has 0 fully saturated rings. The van der Waals surface area contributed by atoms with Crippen LogP contribution in [0.25, 0.3) is 0 Å². The number of hydrogen-bond acceptors (Lipinski definition) is 4. The van der Waals surface area contributed by atoms with Crippen molar-refractivity contribution in [1.29, 1.82) is 0 Å². The molecule has 0 unspecified atom stereocenters. The summed E-state index contributed by atoms with van der Waals surface area (Å²) in [5.41, 5.74) is 0.525. The third-order valence-corrected chi connectivity index (χ3v) is 2.83. The largest absolute Gasteiger partial charge is 1.00 e. The van der Waals surface area contributed by atoms with E-state index >= 15 is 0 Å². The number of aliphatic carboxylic acids is 1. The second-order valence-electron chi connectivity index (χ2n) is 2.96. The topological polar surface area (TPSA) is 74.3 Å². The Morgan fingerprint density at radius 3 is 2.07 bits per heavy atom. The van der Waals surface area contributed by atoms with Crippen molar-refractivity contribution in [3.8, 4) is 0 Å². The molecule has 1 rings (SSSR count). The van der Waals surface area contributed by atoms with Crippen molar-refractivity contribution >= 4 is 15.8 Å². The van der Waals surface area contributed by atoms with Crippen molar-refractivity contribution in [3.63, 3.8) is 0 Å². The van der Waals surface area contributed by atoms with E-state index in [-0.39, 0.29) is 30.2 Å². The molecule has 0 aliphatic heterocycles. The average Bonchev–Trinajstić information content (AvgIpc) is 2.02. The fourth-order valence-corrected chi connectivity index (χ4v) is 1.65. The Kier molecular flexibility index (Phi) is 5.08. The Morgan fingerprint density at radius 2 is 1.73 bits per heavy atom. The molecule has 0 N–H and O–H groups in total. The van der Waals surface area contributed by atoms with Crippen LogP contribution >= 0.6 is 0 Å². The molecule has 15 heavy (non-hydrogen) atoms. The maximum absolute atomic E-state index is 11.0. The number of rotatable bonds is 3. The van der Waals surface area contributed by atoms with E-state index in [0.717, 1.165) is 6.26 Å². The van der Waals surface area contributed by atoms with Gasteiger partial charge in [0, 0.05) is 18.6 Å².